The molecule has 0 radical (unpaired) electrons. The number of carboxylic acids is 1. The van der Waals surface area contributed by atoms with Gasteiger partial charge in [-0.1, -0.05) is 55.8 Å². The number of hydrogen-bond acceptors (Lipinski definition) is 3. The summed E-state index contributed by atoms with van der Waals surface area (Å²) in [6.07, 6.45) is -3.14. The molecule has 1 heterocycles. The van der Waals surface area contributed by atoms with Crippen LogP contribution in [0.4, 0.5) is 23.2 Å². The van der Waals surface area contributed by atoms with E-state index in [-0.39, 0.29) is 11.7 Å². The predicted molar refractivity (Wildman–Crippen MR) is 150 cm³/mol. The number of halogens is 4. The summed E-state index contributed by atoms with van der Waals surface area (Å²) in [5.41, 5.74) is 4.87. The second-order valence-electron chi connectivity index (χ2n) is 10.3. The standard InChI is InChI=1S/C30H28F4N2O2.C2H6/c1-17-3-12-25(31)24(13-17)22-9-8-21(18(2)14-22)15-19-4-10-23(11-5-19)36-26(16-27(37)38)28(20-6-7-20)29(35-36)30(32,33)34;1-2/h3-5,8-14,20,26,28H,6-7,15-16H2,1-2H3,(H,37,38);1-2H3. The molecule has 40 heavy (non-hydrogen) atoms. The van der Waals surface area contributed by atoms with Crippen molar-refractivity contribution in [2.75, 3.05) is 5.01 Å². The molecular weight excluding hydrogens is 520 g/mol. The number of hydrogen-bond donors (Lipinski definition) is 1. The van der Waals surface area contributed by atoms with Gasteiger partial charge in [-0.2, -0.15) is 18.3 Å². The van der Waals surface area contributed by atoms with Crippen LogP contribution in [-0.4, -0.2) is 29.0 Å². The molecule has 1 aliphatic carbocycles. The van der Waals surface area contributed by atoms with Crippen LogP contribution in [0.3, 0.4) is 0 Å². The summed E-state index contributed by atoms with van der Waals surface area (Å²) in [7, 11) is 0. The molecule has 0 amide bonds. The molecule has 0 saturated heterocycles. The van der Waals surface area contributed by atoms with Gasteiger partial charge >= 0.3 is 12.1 Å². The zero-order valence-electron chi connectivity index (χ0n) is 23.1. The molecule has 1 aliphatic heterocycles. The Bertz CT molecular complexity index is 1400. The fourth-order valence-corrected chi connectivity index (χ4v) is 5.38. The molecule has 2 atom stereocenters. The van der Waals surface area contributed by atoms with Gasteiger partial charge in [0.05, 0.1) is 18.2 Å². The number of benzene rings is 3. The maximum absolute atomic E-state index is 14.4. The third-order valence-electron chi connectivity index (χ3n) is 7.43. The van der Waals surface area contributed by atoms with E-state index in [4.69, 9.17) is 0 Å². The Morgan fingerprint density at radius 2 is 1.68 bits per heavy atom. The Balaban J connectivity index is 0.00000181. The van der Waals surface area contributed by atoms with E-state index in [9.17, 15) is 27.5 Å². The van der Waals surface area contributed by atoms with Crippen molar-refractivity contribution in [1.82, 2.24) is 0 Å². The summed E-state index contributed by atoms with van der Waals surface area (Å²) in [4.78, 5) is 11.5. The van der Waals surface area contributed by atoms with Gasteiger partial charge < -0.3 is 5.11 Å². The second-order valence-corrected chi connectivity index (χ2v) is 10.3. The van der Waals surface area contributed by atoms with Crippen LogP contribution in [0.25, 0.3) is 11.1 Å². The Morgan fingerprint density at radius 1 is 1.00 bits per heavy atom. The highest BCUT2D eigenvalue weighted by Crippen LogP contribution is 2.48. The Hall–Kier alpha value is -3.68. The molecule has 8 heteroatoms. The molecule has 5 rings (SSSR count). The first kappa shape index (κ1) is 29.3. The number of aryl methyl sites for hydroxylation is 2. The second kappa shape index (κ2) is 11.8. The van der Waals surface area contributed by atoms with Crippen LogP contribution in [0, 0.1) is 31.5 Å². The average molecular weight is 555 g/mol. The monoisotopic (exact) mass is 554 g/mol. The highest BCUT2D eigenvalue weighted by Gasteiger charge is 2.55. The van der Waals surface area contributed by atoms with Crippen LogP contribution >= 0.6 is 0 Å². The zero-order valence-corrected chi connectivity index (χ0v) is 23.1. The van der Waals surface area contributed by atoms with E-state index in [1.54, 1.807) is 18.2 Å². The quantitative estimate of drug-likeness (QED) is 0.299. The van der Waals surface area contributed by atoms with Gasteiger partial charge in [-0.3, -0.25) is 9.80 Å². The molecule has 0 spiro atoms. The van der Waals surface area contributed by atoms with Crippen molar-refractivity contribution in [3.05, 3.63) is 88.7 Å². The van der Waals surface area contributed by atoms with Gasteiger partial charge in [0.15, 0.2) is 0 Å². The van der Waals surface area contributed by atoms with Crippen molar-refractivity contribution in [2.24, 2.45) is 16.9 Å². The maximum Gasteiger partial charge on any atom is 0.431 e. The lowest BCUT2D eigenvalue weighted by Gasteiger charge is -2.27. The van der Waals surface area contributed by atoms with Crippen molar-refractivity contribution in [3.8, 4) is 11.1 Å². The first-order valence-electron chi connectivity index (χ1n) is 13.6. The van der Waals surface area contributed by atoms with Crippen LogP contribution in [0.1, 0.15) is 55.4 Å². The SMILES string of the molecule is CC.Cc1ccc(F)c(-c2ccc(Cc3ccc(N4N=C(C(F)(F)F)C(C5CC5)C4CC(=O)O)cc3)c(C)c2)c1. The van der Waals surface area contributed by atoms with Crippen LogP contribution in [0.5, 0.6) is 0 Å². The topological polar surface area (TPSA) is 52.9 Å². The highest BCUT2D eigenvalue weighted by atomic mass is 19.4. The molecule has 0 aromatic heterocycles. The predicted octanol–water partition coefficient (Wildman–Crippen LogP) is 8.33. The summed E-state index contributed by atoms with van der Waals surface area (Å²) in [5.74, 6) is -2.56. The minimum absolute atomic E-state index is 0.191. The van der Waals surface area contributed by atoms with Crippen molar-refractivity contribution < 1.29 is 27.5 Å². The minimum atomic E-state index is -4.61. The lowest BCUT2D eigenvalue weighted by Crippen LogP contribution is -2.39. The molecule has 2 unspecified atom stereocenters. The fourth-order valence-electron chi connectivity index (χ4n) is 5.38. The summed E-state index contributed by atoms with van der Waals surface area (Å²) in [6, 6.07) is 17.0. The molecule has 3 aromatic rings. The molecular formula is C32H34F4N2O2. The molecule has 4 nitrogen and oxygen atoms in total. The number of anilines is 1. The van der Waals surface area contributed by atoms with Crippen LogP contribution in [-0.2, 0) is 11.2 Å². The molecule has 1 saturated carbocycles. The first-order valence-corrected chi connectivity index (χ1v) is 13.6. The number of nitrogens with zero attached hydrogens (tertiary/aromatic N) is 2. The van der Waals surface area contributed by atoms with E-state index in [0.29, 0.717) is 30.5 Å². The summed E-state index contributed by atoms with van der Waals surface area (Å²) >= 11 is 0. The van der Waals surface area contributed by atoms with E-state index >= 15 is 0 Å². The third-order valence-corrected chi connectivity index (χ3v) is 7.43. The lowest BCUT2D eigenvalue weighted by molar-refractivity contribution is -0.137. The van der Waals surface area contributed by atoms with Crippen molar-refractivity contribution in [3.63, 3.8) is 0 Å². The van der Waals surface area contributed by atoms with Crippen LogP contribution < -0.4 is 5.01 Å². The Morgan fingerprint density at radius 3 is 2.25 bits per heavy atom. The number of hydrazone groups is 1. The van der Waals surface area contributed by atoms with Crippen molar-refractivity contribution in [1.29, 1.82) is 0 Å². The molecule has 1 fully saturated rings. The van der Waals surface area contributed by atoms with E-state index in [1.165, 1.54) is 11.1 Å². The first-order chi connectivity index (χ1) is 19.0. The fraction of sp³-hybridized carbons (Fsp3) is 0.375. The number of aliphatic carboxylic acids is 1. The van der Waals surface area contributed by atoms with Crippen LogP contribution in [0.15, 0.2) is 65.8 Å². The summed E-state index contributed by atoms with van der Waals surface area (Å²) in [6.45, 7) is 7.88. The number of carboxylic acid groups (broad SMARTS) is 1. The van der Waals surface area contributed by atoms with Crippen molar-refractivity contribution in [2.45, 2.75) is 65.6 Å². The van der Waals surface area contributed by atoms with Crippen molar-refractivity contribution >= 4 is 17.4 Å². The van der Waals surface area contributed by atoms with Gasteiger partial charge in [-0.25, -0.2) is 4.39 Å². The van der Waals surface area contributed by atoms with Gasteiger partial charge in [0.2, 0.25) is 0 Å². The maximum atomic E-state index is 14.4. The Kier molecular flexibility index (Phi) is 8.66. The van der Waals surface area contributed by atoms with Crippen LogP contribution in [0.2, 0.25) is 0 Å². The Labute approximate surface area is 232 Å². The highest BCUT2D eigenvalue weighted by molar-refractivity contribution is 5.96. The normalized spacial score (nSPS) is 18.7. The summed E-state index contributed by atoms with van der Waals surface area (Å²) < 4.78 is 55.7. The molecule has 2 aliphatic rings. The van der Waals surface area contributed by atoms with E-state index in [2.05, 4.69) is 5.10 Å². The van der Waals surface area contributed by atoms with Gasteiger partial charge in [0.25, 0.3) is 0 Å². The lowest BCUT2D eigenvalue weighted by atomic mass is 9.88. The zero-order chi connectivity index (χ0) is 29.2. The molecule has 3 aromatic carbocycles. The minimum Gasteiger partial charge on any atom is -0.481 e. The molecule has 212 valence electrons. The number of rotatable bonds is 7. The van der Waals surface area contributed by atoms with Gasteiger partial charge in [0, 0.05) is 11.5 Å². The summed E-state index contributed by atoms with van der Waals surface area (Å²) in [5, 5.41) is 14.6. The van der Waals surface area contributed by atoms with E-state index in [1.807, 2.05) is 64.1 Å². The molecule has 0 bridgehead atoms. The van der Waals surface area contributed by atoms with E-state index in [0.717, 1.165) is 27.8 Å². The van der Waals surface area contributed by atoms with Gasteiger partial charge in [-0.15, -0.1) is 0 Å². The number of alkyl halides is 3. The number of carbonyl (C=O) groups is 1. The van der Waals surface area contributed by atoms with Gasteiger partial charge in [-0.05, 0) is 85.5 Å². The smallest absolute Gasteiger partial charge is 0.431 e. The molecule has 1 N–H and O–H groups in total. The van der Waals surface area contributed by atoms with E-state index < -0.39 is 36.2 Å². The average Bonchev–Trinajstić information content (AvgIpc) is 3.68. The van der Waals surface area contributed by atoms with Gasteiger partial charge in [0.1, 0.15) is 11.5 Å². The largest absolute Gasteiger partial charge is 0.481 e. The third kappa shape index (κ3) is 6.37.